The lowest BCUT2D eigenvalue weighted by molar-refractivity contribution is -0.139. The van der Waals surface area contributed by atoms with Gasteiger partial charge in [-0.3, -0.25) is 9.59 Å². The first kappa shape index (κ1) is 20.1. The fourth-order valence-corrected chi connectivity index (χ4v) is 3.62. The number of hydrogen-bond donors (Lipinski definition) is 3. The van der Waals surface area contributed by atoms with Crippen LogP contribution in [-0.2, 0) is 25.0 Å². The summed E-state index contributed by atoms with van der Waals surface area (Å²) >= 11 is 0. The molecule has 0 spiro atoms. The van der Waals surface area contributed by atoms with Gasteiger partial charge in [-0.15, -0.1) is 0 Å². The van der Waals surface area contributed by atoms with Crippen LogP contribution < -0.4 is 10.5 Å². The Bertz CT molecular complexity index is 735. The van der Waals surface area contributed by atoms with Crippen molar-refractivity contribution < 1.29 is 23.1 Å². The van der Waals surface area contributed by atoms with Crippen LogP contribution >= 0.6 is 0 Å². The van der Waals surface area contributed by atoms with Crippen molar-refractivity contribution in [2.24, 2.45) is 5.73 Å². The number of nitrogens with one attached hydrogen (secondary N) is 1. The average Bonchev–Trinajstić information content (AvgIpc) is 2.41. The van der Waals surface area contributed by atoms with Crippen molar-refractivity contribution in [2.45, 2.75) is 56.9 Å². The quantitative estimate of drug-likeness (QED) is 0.678. The molecule has 8 heteroatoms. The highest BCUT2D eigenvalue weighted by Gasteiger charge is 2.28. The first-order chi connectivity index (χ1) is 10.8. The number of carboxylic acid groups (broad SMARTS) is 1. The third kappa shape index (κ3) is 5.31. The summed E-state index contributed by atoms with van der Waals surface area (Å²) in [6.45, 7) is 7.50. The smallest absolute Gasteiger partial charge is 0.321 e. The van der Waals surface area contributed by atoms with E-state index in [1.807, 2.05) is 26.8 Å². The third-order valence-corrected chi connectivity index (χ3v) is 5.23. The number of primary amides is 1. The number of amides is 1. The van der Waals surface area contributed by atoms with E-state index in [4.69, 9.17) is 5.73 Å². The molecule has 0 bridgehead atoms. The van der Waals surface area contributed by atoms with Gasteiger partial charge in [0, 0.05) is 6.42 Å². The van der Waals surface area contributed by atoms with Gasteiger partial charge in [0.15, 0.2) is 0 Å². The van der Waals surface area contributed by atoms with Gasteiger partial charge in [0.25, 0.3) is 0 Å². The maximum atomic E-state index is 12.6. The summed E-state index contributed by atoms with van der Waals surface area (Å²) in [5.74, 6) is -2.05. The molecule has 0 aliphatic rings. The van der Waals surface area contributed by atoms with Crippen molar-refractivity contribution in [3.8, 4) is 0 Å². The highest BCUT2D eigenvalue weighted by molar-refractivity contribution is 7.89. The number of carboxylic acids is 1. The Kier molecular flexibility index (Phi) is 6.13. The van der Waals surface area contributed by atoms with Crippen LogP contribution in [0, 0.1) is 6.92 Å². The van der Waals surface area contributed by atoms with Crippen LogP contribution in [0.3, 0.4) is 0 Å². The molecule has 0 heterocycles. The van der Waals surface area contributed by atoms with E-state index in [0.717, 1.165) is 5.56 Å². The van der Waals surface area contributed by atoms with Crippen LogP contribution in [0.5, 0.6) is 0 Å². The number of rotatable bonds is 7. The average molecular weight is 356 g/mol. The van der Waals surface area contributed by atoms with E-state index < -0.39 is 27.9 Å². The molecule has 0 saturated carbocycles. The molecule has 0 fully saturated rings. The maximum Gasteiger partial charge on any atom is 0.321 e. The van der Waals surface area contributed by atoms with Gasteiger partial charge in [0.05, 0.1) is 4.90 Å². The minimum Gasteiger partial charge on any atom is -0.480 e. The van der Waals surface area contributed by atoms with E-state index in [0.29, 0.717) is 5.56 Å². The summed E-state index contributed by atoms with van der Waals surface area (Å²) in [6, 6.07) is 3.66. The van der Waals surface area contributed by atoms with Crippen molar-refractivity contribution >= 4 is 21.9 Å². The number of hydrogen-bond acceptors (Lipinski definition) is 4. The largest absolute Gasteiger partial charge is 0.480 e. The molecular formula is C16H24N2O5S. The van der Waals surface area contributed by atoms with Crippen molar-refractivity contribution in [1.29, 1.82) is 0 Å². The Morgan fingerprint density at radius 2 is 1.88 bits per heavy atom. The topological polar surface area (TPSA) is 127 Å². The molecule has 1 rings (SSSR count). The molecule has 0 aliphatic carbocycles. The van der Waals surface area contributed by atoms with E-state index in [1.165, 1.54) is 0 Å². The Morgan fingerprint density at radius 1 is 1.29 bits per heavy atom. The second kappa shape index (κ2) is 7.31. The molecular weight excluding hydrogens is 332 g/mol. The lowest BCUT2D eigenvalue weighted by Gasteiger charge is -2.21. The second-order valence-corrected chi connectivity index (χ2v) is 8.43. The monoisotopic (exact) mass is 356 g/mol. The number of carbonyl (C=O) groups is 2. The van der Waals surface area contributed by atoms with Crippen LogP contribution in [-0.4, -0.2) is 31.4 Å². The van der Waals surface area contributed by atoms with Gasteiger partial charge in [-0.1, -0.05) is 32.9 Å². The number of sulfonamides is 1. The zero-order chi connectivity index (χ0) is 18.7. The lowest BCUT2D eigenvalue weighted by Crippen LogP contribution is -2.41. The van der Waals surface area contributed by atoms with Crippen LogP contribution in [0.15, 0.2) is 23.1 Å². The Labute approximate surface area is 142 Å². The summed E-state index contributed by atoms with van der Waals surface area (Å²) in [5.41, 5.74) is 6.07. The summed E-state index contributed by atoms with van der Waals surface area (Å²) in [6.07, 6.45) is -0.428. The van der Waals surface area contributed by atoms with Crippen LogP contribution in [0.2, 0.25) is 0 Å². The Hall–Kier alpha value is -1.93. The first-order valence-corrected chi connectivity index (χ1v) is 8.97. The number of carbonyl (C=O) groups excluding carboxylic acids is 1. The third-order valence-electron chi connectivity index (χ3n) is 3.62. The van der Waals surface area contributed by atoms with Gasteiger partial charge in [0.1, 0.15) is 6.04 Å². The molecule has 24 heavy (non-hydrogen) atoms. The predicted octanol–water partition coefficient (Wildman–Crippen LogP) is 1.29. The lowest BCUT2D eigenvalue weighted by atomic mass is 9.87. The van der Waals surface area contributed by atoms with E-state index in [2.05, 4.69) is 4.72 Å². The molecule has 4 N–H and O–H groups in total. The van der Waals surface area contributed by atoms with Gasteiger partial charge in [-0.05, 0) is 36.0 Å². The van der Waals surface area contributed by atoms with Crippen molar-refractivity contribution in [3.63, 3.8) is 0 Å². The molecule has 0 aromatic heterocycles. The maximum absolute atomic E-state index is 12.6. The van der Waals surface area contributed by atoms with E-state index in [-0.39, 0.29) is 23.2 Å². The molecule has 1 amide bonds. The van der Waals surface area contributed by atoms with Gasteiger partial charge in [0.2, 0.25) is 15.9 Å². The minimum absolute atomic E-state index is 0.0280. The fraction of sp³-hybridized carbons (Fsp3) is 0.500. The molecule has 0 radical (unpaired) electrons. The Balaban J connectivity index is 3.19. The molecule has 1 atom stereocenters. The molecule has 134 valence electrons. The molecule has 1 aromatic carbocycles. The van der Waals surface area contributed by atoms with E-state index >= 15 is 0 Å². The summed E-state index contributed by atoms with van der Waals surface area (Å²) in [4.78, 5) is 22.1. The molecule has 7 nitrogen and oxygen atoms in total. The highest BCUT2D eigenvalue weighted by atomic mass is 32.2. The van der Waals surface area contributed by atoms with Crippen molar-refractivity contribution in [2.75, 3.05) is 0 Å². The standard InChI is InChI=1S/C16H24N2O5S/c1-10-5-6-11(16(2,3)4)9-13(10)24(22,23)18-12(15(20)21)7-8-14(17)19/h5-6,9,12,18H,7-8H2,1-4H3,(H2,17,19)(H,20,21). The van der Waals surface area contributed by atoms with Crippen LogP contribution in [0.4, 0.5) is 0 Å². The molecule has 0 aliphatic heterocycles. The van der Waals surface area contributed by atoms with E-state index in [1.54, 1.807) is 19.1 Å². The number of aliphatic carboxylic acids is 1. The molecule has 0 saturated heterocycles. The van der Waals surface area contributed by atoms with E-state index in [9.17, 15) is 23.1 Å². The van der Waals surface area contributed by atoms with Gasteiger partial charge in [-0.25, -0.2) is 8.42 Å². The molecule has 1 aromatic rings. The van der Waals surface area contributed by atoms with Gasteiger partial charge < -0.3 is 10.8 Å². The second-order valence-electron chi connectivity index (χ2n) is 6.75. The summed E-state index contributed by atoms with van der Waals surface area (Å²) in [7, 11) is -4.05. The zero-order valence-corrected chi connectivity index (χ0v) is 15.1. The first-order valence-electron chi connectivity index (χ1n) is 7.49. The zero-order valence-electron chi connectivity index (χ0n) is 14.3. The van der Waals surface area contributed by atoms with Gasteiger partial charge >= 0.3 is 5.97 Å². The number of benzene rings is 1. The van der Waals surface area contributed by atoms with Gasteiger partial charge in [-0.2, -0.15) is 4.72 Å². The van der Waals surface area contributed by atoms with Crippen LogP contribution in [0.25, 0.3) is 0 Å². The summed E-state index contributed by atoms with van der Waals surface area (Å²) in [5, 5.41) is 9.17. The Morgan fingerprint density at radius 3 is 2.33 bits per heavy atom. The molecule has 1 unspecified atom stereocenters. The normalized spacial score (nSPS) is 13.5. The minimum atomic E-state index is -4.05. The summed E-state index contributed by atoms with van der Waals surface area (Å²) < 4.78 is 27.4. The predicted molar refractivity (Wildman–Crippen MR) is 90.1 cm³/mol. The van der Waals surface area contributed by atoms with Crippen LogP contribution in [0.1, 0.15) is 44.7 Å². The highest BCUT2D eigenvalue weighted by Crippen LogP contribution is 2.26. The SMILES string of the molecule is Cc1ccc(C(C)(C)C)cc1S(=O)(=O)NC(CCC(N)=O)C(=O)O. The van der Waals surface area contributed by atoms with Crippen molar-refractivity contribution in [1.82, 2.24) is 4.72 Å². The number of aryl methyl sites for hydroxylation is 1. The van der Waals surface area contributed by atoms with Crippen molar-refractivity contribution in [3.05, 3.63) is 29.3 Å². The number of nitrogens with two attached hydrogens (primary N) is 1. The fourth-order valence-electron chi connectivity index (χ4n) is 2.13.